The summed E-state index contributed by atoms with van der Waals surface area (Å²) in [5.41, 5.74) is 5.04. The number of rotatable bonds is 3. The van der Waals surface area contributed by atoms with Gasteiger partial charge in [-0.1, -0.05) is 51.8 Å². The molecule has 0 saturated carbocycles. The zero-order chi connectivity index (χ0) is 35.1. The van der Waals surface area contributed by atoms with Crippen molar-refractivity contribution in [3.8, 4) is 11.8 Å². The topological polar surface area (TPSA) is 163 Å². The molecule has 11 nitrogen and oxygen atoms in total. The van der Waals surface area contributed by atoms with Crippen molar-refractivity contribution in [2.24, 2.45) is 45.7 Å². The Hall–Kier alpha value is -3.62. The van der Waals surface area contributed by atoms with Gasteiger partial charge in [-0.15, -0.1) is 0 Å². The molecule has 0 spiro atoms. The number of aliphatic imine (C=N–C) groups is 1. The van der Waals surface area contributed by atoms with Gasteiger partial charge in [0, 0.05) is 24.5 Å². The van der Waals surface area contributed by atoms with Crippen LogP contribution in [0.1, 0.15) is 93.7 Å². The molecular weight excluding hydrogens is 600 g/mol. The van der Waals surface area contributed by atoms with Crippen molar-refractivity contribution in [1.29, 1.82) is 0 Å². The normalized spacial score (nSPS) is 35.9. The molecule has 2 aliphatic heterocycles. The number of nitrogen functional groups attached to an aromatic ring is 1. The van der Waals surface area contributed by atoms with Crippen LogP contribution in [0, 0.1) is 47.3 Å². The number of carbonyl (C=O) groups excluding carboxylic acids is 3. The highest BCUT2D eigenvalue weighted by molar-refractivity contribution is 6.00. The van der Waals surface area contributed by atoms with Gasteiger partial charge in [0.25, 0.3) is 0 Å². The van der Waals surface area contributed by atoms with Gasteiger partial charge in [-0.25, -0.2) is 9.98 Å². The first-order chi connectivity index (χ1) is 22.0. The number of amides is 1. The lowest BCUT2D eigenvalue weighted by Crippen LogP contribution is -2.53. The quantitative estimate of drug-likeness (QED) is 0.154. The molecule has 2 aliphatic rings. The molecule has 0 radical (unpaired) electrons. The average Bonchev–Trinajstić information content (AvgIpc) is 3.03. The SMILES string of the molecule is CC[C@H]1OC(=O)[C@H](C)C(=O)[C@H](C)[C@@H](C)[C@@]2(C)C[C@@H](C)/C(=N\C(C)=O)[C@H](C)[C@@H](CC/C(=N\OCC#Cc3cccc(N)n3)CO2)[C@]1(C)O. The molecule has 1 aromatic rings. The first-order valence-corrected chi connectivity index (χ1v) is 16.6. The van der Waals surface area contributed by atoms with Gasteiger partial charge in [-0.05, 0) is 82.3 Å². The van der Waals surface area contributed by atoms with Gasteiger partial charge in [0.05, 0.1) is 17.9 Å². The van der Waals surface area contributed by atoms with E-state index in [1.54, 1.807) is 39.0 Å². The fourth-order valence-corrected chi connectivity index (χ4v) is 7.09. The summed E-state index contributed by atoms with van der Waals surface area (Å²) in [6.45, 7) is 16.2. The third-order valence-corrected chi connectivity index (χ3v) is 10.2. The Bertz CT molecular complexity index is 1430. The molecular formula is C36H52N4O7. The Balaban J connectivity index is 2.15. The molecule has 2 bridgehead atoms. The Morgan fingerprint density at radius 1 is 1.17 bits per heavy atom. The molecule has 47 heavy (non-hydrogen) atoms. The van der Waals surface area contributed by atoms with Crippen molar-refractivity contribution >= 4 is 34.9 Å². The fourth-order valence-electron chi connectivity index (χ4n) is 7.09. The minimum Gasteiger partial charge on any atom is -0.459 e. The molecule has 3 heterocycles. The summed E-state index contributed by atoms with van der Waals surface area (Å²) >= 11 is 0. The number of carbonyl (C=O) groups is 3. The molecule has 0 aliphatic carbocycles. The zero-order valence-corrected chi connectivity index (χ0v) is 29.3. The molecule has 2 fully saturated rings. The van der Waals surface area contributed by atoms with E-state index < -0.39 is 41.0 Å². The number of hydrogen-bond acceptors (Lipinski definition) is 10. The highest BCUT2D eigenvalue weighted by Crippen LogP contribution is 2.42. The lowest BCUT2D eigenvalue weighted by Gasteiger charge is -2.44. The Morgan fingerprint density at radius 3 is 2.51 bits per heavy atom. The third kappa shape index (κ3) is 9.26. The van der Waals surface area contributed by atoms with Gasteiger partial charge in [-0.2, -0.15) is 0 Å². The number of cyclic esters (lactones) is 1. The molecule has 9 atom stereocenters. The van der Waals surface area contributed by atoms with Gasteiger partial charge in [0.1, 0.15) is 34.9 Å². The van der Waals surface area contributed by atoms with E-state index in [9.17, 15) is 19.5 Å². The van der Waals surface area contributed by atoms with E-state index in [0.29, 0.717) is 48.6 Å². The fraction of sp³-hybridized carbons (Fsp3) is 0.667. The summed E-state index contributed by atoms with van der Waals surface area (Å²) < 4.78 is 12.6. The second-order valence-corrected chi connectivity index (χ2v) is 13.6. The minimum absolute atomic E-state index is 0.00503. The van der Waals surface area contributed by atoms with E-state index in [4.69, 9.17) is 20.0 Å². The molecule has 1 aromatic heterocycles. The monoisotopic (exact) mass is 652 g/mol. The van der Waals surface area contributed by atoms with Crippen LogP contribution < -0.4 is 5.73 Å². The van der Waals surface area contributed by atoms with Crippen molar-refractivity contribution in [1.82, 2.24) is 4.98 Å². The molecule has 0 unspecified atom stereocenters. The first kappa shape index (κ1) is 37.8. The maximum absolute atomic E-state index is 13.7. The number of aliphatic hydroxyl groups is 1. The maximum atomic E-state index is 13.7. The van der Waals surface area contributed by atoms with Crippen molar-refractivity contribution < 1.29 is 33.8 Å². The van der Waals surface area contributed by atoms with Gasteiger partial charge in [0.2, 0.25) is 5.91 Å². The number of esters is 1. The number of ether oxygens (including phenoxy) is 2. The summed E-state index contributed by atoms with van der Waals surface area (Å²) in [6.07, 6.45) is 0.598. The number of pyridine rings is 1. The molecule has 3 rings (SSSR count). The second-order valence-electron chi connectivity index (χ2n) is 13.6. The average molecular weight is 653 g/mol. The van der Waals surface area contributed by atoms with Crippen LogP contribution in [0.3, 0.4) is 0 Å². The number of oxime groups is 1. The van der Waals surface area contributed by atoms with E-state index >= 15 is 0 Å². The number of aromatic nitrogens is 1. The van der Waals surface area contributed by atoms with Gasteiger partial charge in [-0.3, -0.25) is 14.4 Å². The van der Waals surface area contributed by atoms with E-state index in [2.05, 4.69) is 27.0 Å². The van der Waals surface area contributed by atoms with Crippen LogP contribution >= 0.6 is 0 Å². The predicted molar refractivity (Wildman–Crippen MR) is 180 cm³/mol. The number of fused-ring (bicyclic) bond motifs is 5. The van der Waals surface area contributed by atoms with Crippen LogP contribution in [0.5, 0.6) is 0 Å². The largest absolute Gasteiger partial charge is 0.459 e. The first-order valence-electron chi connectivity index (χ1n) is 16.6. The standard InChI is InChI=1S/C36H52N4O7/c1-10-30-36(9,44)29-17-16-28(40-46-18-12-14-27-13-11-15-31(37)39-27)20-45-35(8,19-21(2)32(23(29)4)38-26(7)41)25(6)22(3)33(42)24(5)34(43)47-30/h11,13,15,21-25,29-30,44H,10,16-20H2,1-9H3,(H2,37,39)/b38-32+,40-28+/t21-,22-,23-,24-,25-,29-,30-,35-,36+/m1/s1. The smallest absolute Gasteiger partial charge is 0.316 e. The van der Waals surface area contributed by atoms with Crippen molar-refractivity contribution in [2.75, 3.05) is 18.9 Å². The van der Waals surface area contributed by atoms with Crippen LogP contribution in [0.2, 0.25) is 0 Å². The van der Waals surface area contributed by atoms with Crippen LogP contribution in [0.4, 0.5) is 5.82 Å². The van der Waals surface area contributed by atoms with E-state index in [-0.39, 0.29) is 42.7 Å². The van der Waals surface area contributed by atoms with Crippen molar-refractivity contribution in [3.63, 3.8) is 0 Å². The second kappa shape index (κ2) is 16.0. The van der Waals surface area contributed by atoms with Crippen LogP contribution in [0.25, 0.3) is 0 Å². The molecule has 3 N–H and O–H groups in total. The third-order valence-electron chi connectivity index (χ3n) is 10.2. The Labute approximate surface area is 279 Å². The van der Waals surface area contributed by atoms with E-state index in [1.165, 1.54) is 6.92 Å². The number of anilines is 1. The van der Waals surface area contributed by atoms with Crippen molar-refractivity contribution in [3.05, 3.63) is 23.9 Å². The molecule has 0 aromatic carbocycles. The van der Waals surface area contributed by atoms with Crippen LogP contribution in [-0.4, -0.2) is 69.7 Å². The summed E-state index contributed by atoms with van der Waals surface area (Å²) in [4.78, 5) is 53.9. The summed E-state index contributed by atoms with van der Waals surface area (Å²) in [6, 6.07) is 5.20. The summed E-state index contributed by atoms with van der Waals surface area (Å²) in [5, 5.41) is 16.7. The Morgan fingerprint density at radius 2 is 1.87 bits per heavy atom. The lowest BCUT2D eigenvalue weighted by atomic mass is 9.67. The Kier molecular flexibility index (Phi) is 12.9. The van der Waals surface area contributed by atoms with Crippen molar-refractivity contribution in [2.45, 2.75) is 105 Å². The molecule has 11 heteroatoms. The minimum atomic E-state index is -1.55. The van der Waals surface area contributed by atoms with E-state index in [1.807, 2.05) is 34.6 Å². The van der Waals surface area contributed by atoms with Crippen LogP contribution in [0.15, 0.2) is 28.3 Å². The number of nitrogens with two attached hydrogens (primary N) is 1. The van der Waals surface area contributed by atoms with Crippen LogP contribution in [-0.2, 0) is 28.7 Å². The number of hydrogen-bond donors (Lipinski definition) is 2. The van der Waals surface area contributed by atoms with Gasteiger partial charge >= 0.3 is 5.97 Å². The number of Topliss-reactive ketones (excluding diaryl/α,β-unsaturated/α-hetero) is 1. The molecule has 2 saturated heterocycles. The van der Waals surface area contributed by atoms with E-state index in [0.717, 1.165) is 0 Å². The summed E-state index contributed by atoms with van der Waals surface area (Å²) in [5.74, 6) is 1.82. The highest BCUT2D eigenvalue weighted by atomic mass is 16.6. The number of ketones is 1. The lowest BCUT2D eigenvalue weighted by molar-refractivity contribution is -0.179. The molecule has 1 amide bonds. The maximum Gasteiger partial charge on any atom is 0.316 e. The summed E-state index contributed by atoms with van der Waals surface area (Å²) in [7, 11) is 0. The zero-order valence-electron chi connectivity index (χ0n) is 29.3. The highest BCUT2D eigenvalue weighted by Gasteiger charge is 2.49. The number of nitrogens with zero attached hydrogens (tertiary/aromatic N) is 3. The van der Waals surface area contributed by atoms with Gasteiger partial charge in [0.15, 0.2) is 6.61 Å². The van der Waals surface area contributed by atoms with Gasteiger partial charge < -0.3 is 25.2 Å². The molecule has 258 valence electrons. The predicted octanol–water partition coefficient (Wildman–Crippen LogP) is 4.79.